The van der Waals surface area contributed by atoms with E-state index in [1.54, 1.807) is 17.2 Å². The van der Waals surface area contributed by atoms with Gasteiger partial charge in [0.25, 0.3) is 0 Å². The smallest absolute Gasteiger partial charge is 0.221 e. The summed E-state index contributed by atoms with van der Waals surface area (Å²) in [5, 5.41) is 3.11. The van der Waals surface area contributed by atoms with Crippen molar-refractivity contribution in [3.63, 3.8) is 0 Å². The molecule has 0 aromatic carbocycles. The predicted molar refractivity (Wildman–Crippen MR) is 84.0 cm³/mol. The van der Waals surface area contributed by atoms with E-state index in [-0.39, 0.29) is 11.8 Å². The van der Waals surface area contributed by atoms with E-state index in [9.17, 15) is 9.59 Å². The molecule has 1 aliphatic carbocycles. The Labute approximate surface area is 132 Å². The molecule has 0 atom stereocenters. The quantitative estimate of drug-likeness (QED) is 0.822. The second kappa shape index (κ2) is 8.61. The van der Waals surface area contributed by atoms with Gasteiger partial charge in [-0.05, 0) is 25.0 Å². The Hall–Kier alpha value is -1.78. The van der Waals surface area contributed by atoms with Crippen LogP contribution in [0.25, 0.3) is 0 Å². The predicted octanol–water partition coefficient (Wildman–Crippen LogP) is 2.86. The molecule has 1 N–H and O–H groups in total. The summed E-state index contributed by atoms with van der Waals surface area (Å²) in [6.45, 7) is 2.36. The maximum Gasteiger partial charge on any atom is 0.221 e. The maximum atomic E-state index is 12.1. The summed E-state index contributed by atoms with van der Waals surface area (Å²) in [6, 6.07) is 3.94. The average Bonchev–Trinajstić information content (AvgIpc) is 2.86. The molecule has 1 aromatic heterocycles. The van der Waals surface area contributed by atoms with Crippen LogP contribution in [0.3, 0.4) is 0 Å². The van der Waals surface area contributed by atoms with E-state index in [4.69, 9.17) is 4.42 Å². The lowest BCUT2D eigenvalue weighted by atomic mass is 10.1. The summed E-state index contributed by atoms with van der Waals surface area (Å²) in [5.74, 6) is 0.732. The van der Waals surface area contributed by atoms with E-state index >= 15 is 0 Å². The molecule has 0 unspecified atom stereocenters. The first-order valence-corrected chi connectivity index (χ1v) is 8.22. The molecule has 5 nitrogen and oxygen atoms in total. The Morgan fingerprint density at radius 2 is 2.00 bits per heavy atom. The highest BCUT2D eigenvalue weighted by atomic mass is 16.3. The van der Waals surface area contributed by atoms with Crippen molar-refractivity contribution >= 4 is 11.8 Å². The monoisotopic (exact) mass is 306 g/mol. The van der Waals surface area contributed by atoms with Crippen molar-refractivity contribution in [3.05, 3.63) is 24.2 Å². The van der Waals surface area contributed by atoms with Gasteiger partial charge in [0.15, 0.2) is 0 Å². The zero-order valence-electron chi connectivity index (χ0n) is 13.3. The molecule has 1 aromatic rings. The number of amides is 2. The van der Waals surface area contributed by atoms with Crippen LogP contribution < -0.4 is 5.32 Å². The Balaban J connectivity index is 1.76. The first-order valence-electron chi connectivity index (χ1n) is 8.22. The number of nitrogens with zero attached hydrogens (tertiary/aromatic N) is 1. The number of rotatable bonds is 6. The van der Waals surface area contributed by atoms with Crippen molar-refractivity contribution in [2.24, 2.45) is 0 Å². The topological polar surface area (TPSA) is 62.6 Å². The molecular weight excluding hydrogens is 280 g/mol. The van der Waals surface area contributed by atoms with Gasteiger partial charge in [0.05, 0.1) is 12.8 Å². The van der Waals surface area contributed by atoms with Crippen molar-refractivity contribution in [3.8, 4) is 0 Å². The van der Waals surface area contributed by atoms with Crippen LogP contribution in [0, 0.1) is 0 Å². The normalized spacial score (nSPS) is 16.0. The lowest BCUT2D eigenvalue weighted by Gasteiger charge is -2.21. The van der Waals surface area contributed by atoms with Gasteiger partial charge in [-0.2, -0.15) is 0 Å². The minimum absolute atomic E-state index is 0.0394. The van der Waals surface area contributed by atoms with E-state index in [1.807, 2.05) is 6.07 Å². The lowest BCUT2D eigenvalue weighted by molar-refractivity contribution is -0.130. The molecule has 122 valence electrons. The molecule has 2 rings (SSSR count). The molecule has 1 heterocycles. The minimum atomic E-state index is -0.0429. The zero-order valence-corrected chi connectivity index (χ0v) is 13.3. The molecule has 1 aliphatic rings. The molecular formula is C17H26N2O3. The molecule has 0 saturated heterocycles. The van der Waals surface area contributed by atoms with Crippen molar-refractivity contribution in [2.75, 3.05) is 6.54 Å². The van der Waals surface area contributed by atoms with Crippen molar-refractivity contribution in [2.45, 2.75) is 64.5 Å². The third-order valence-electron chi connectivity index (χ3n) is 4.20. The highest BCUT2D eigenvalue weighted by Crippen LogP contribution is 2.17. The number of hydrogen-bond acceptors (Lipinski definition) is 3. The van der Waals surface area contributed by atoms with Gasteiger partial charge in [0.1, 0.15) is 5.76 Å². The van der Waals surface area contributed by atoms with Gasteiger partial charge in [0.2, 0.25) is 11.8 Å². The summed E-state index contributed by atoms with van der Waals surface area (Å²) >= 11 is 0. The lowest BCUT2D eigenvalue weighted by Crippen LogP contribution is -2.37. The number of nitrogens with one attached hydrogen (secondary N) is 1. The molecule has 1 fully saturated rings. The number of carbonyl (C=O) groups is 2. The molecule has 0 spiro atoms. The van der Waals surface area contributed by atoms with Gasteiger partial charge in [-0.3, -0.25) is 9.59 Å². The van der Waals surface area contributed by atoms with E-state index < -0.39 is 0 Å². The molecule has 0 bridgehead atoms. The van der Waals surface area contributed by atoms with Crippen LogP contribution in [-0.2, 0) is 16.1 Å². The Morgan fingerprint density at radius 1 is 1.27 bits per heavy atom. The number of hydrogen-bond donors (Lipinski definition) is 1. The van der Waals surface area contributed by atoms with Gasteiger partial charge in [-0.1, -0.05) is 25.7 Å². The number of furan rings is 1. The molecule has 0 aliphatic heterocycles. The van der Waals surface area contributed by atoms with Crippen LogP contribution in [0.5, 0.6) is 0 Å². The van der Waals surface area contributed by atoms with Crippen LogP contribution in [0.1, 0.15) is 57.6 Å². The molecule has 1 saturated carbocycles. The van der Waals surface area contributed by atoms with E-state index in [2.05, 4.69) is 5.32 Å². The largest absolute Gasteiger partial charge is 0.467 e. The van der Waals surface area contributed by atoms with Crippen molar-refractivity contribution in [1.82, 2.24) is 10.2 Å². The van der Waals surface area contributed by atoms with Gasteiger partial charge in [0, 0.05) is 25.9 Å². The highest BCUT2D eigenvalue weighted by molar-refractivity contribution is 5.78. The van der Waals surface area contributed by atoms with Crippen molar-refractivity contribution in [1.29, 1.82) is 0 Å². The summed E-state index contributed by atoms with van der Waals surface area (Å²) < 4.78 is 5.26. The fourth-order valence-electron chi connectivity index (χ4n) is 2.90. The first-order chi connectivity index (χ1) is 10.6. The van der Waals surface area contributed by atoms with Gasteiger partial charge < -0.3 is 14.6 Å². The Morgan fingerprint density at radius 3 is 2.59 bits per heavy atom. The van der Waals surface area contributed by atoms with Gasteiger partial charge in [-0.25, -0.2) is 0 Å². The SMILES string of the molecule is CC(=O)N(CCC(=O)NC1CCCCCC1)Cc1ccco1. The standard InChI is InChI=1S/C17H26N2O3/c1-14(20)19(13-16-9-6-12-22-16)11-10-17(21)18-15-7-4-2-3-5-8-15/h6,9,12,15H,2-5,7-8,10-11,13H2,1H3,(H,18,21). The second-order valence-electron chi connectivity index (χ2n) is 6.03. The fraction of sp³-hybridized carbons (Fsp3) is 0.647. The maximum absolute atomic E-state index is 12.1. The summed E-state index contributed by atoms with van der Waals surface area (Å²) in [5.41, 5.74) is 0. The zero-order chi connectivity index (χ0) is 15.8. The van der Waals surface area contributed by atoms with Crippen LogP contribution in [0.4, 0.5) is 0 Å². The molecule has 5 heteroatoms. The molecule has 22 heavy (non-hydrogen) atoms. The second-order valence-corrected chi connectivity index (χ2v) is 6.03. The van der Waals surface area contributed by atoms with E-state index in [0.717, 1.165) is 18.6 Å². The van der Waals surface area contributed by atoms with E-state index in [1.165, 1.54) is 32.6 Å². The Kier molecular flexibility index (Phi) is 6.49. The fourth-order valence-corrected chi connectivity index (χ4v) is 2.90. The van der Waals surface area contributed by atoms with Crippen LogP contribution in [-0.4, -0.2) is 29.3 Å². The summed E-state index contributed by atoms with van der Waals surface area (Å²) in [4.78, 5) is 25.4. The average molecular weight is 306 g/mol. The summed E-state index contributed by atoms with van der Waals surface area (Å²) in [6.07, 6.45) is 9.03. The first kappa shape index (κ1) is 16.6. The molecule has 0 radical (unpaired) electrons. The van der Waals surface area contributed by atoms with Crippen LogP contribution in [0.2, 0.25) is 0 Å². The third-order valence-corrected chi connectivity index (χ3v) is 4.20. The van der Waals surface area contributed by atoms with Crippen molar-refractivity contribution < 1.29 is 14.0 Å². The van der Waals surface area contributed by atoms with E-state index in [0.29, 0.717) is 25.6 Å². The van der Waals surface area contributed by atoms with Crippen LogP contribution in [0.15, 0.2) is 22.8 Å². The van der Waals surface area contributed by atoms with Crippen LogP contribution >= 0.6 is 0 Å². The minimum Gasteiger partial charge on any atom is -0.467 e. The Bertz CT molecular complexity index is 462. The number of carbonyl (C=O) groups excluding carboxylic acids is 2. The highest BCUT2D eigenvalue weighted by Gasteiger charge is 2.17. The van der Waals surface area contributed by atoms with Gasteiger partial charge in [-0.15, -0.1) is 0 Å². The third kappa shape index (κ3) is 5.54. The summed E-state index contributed by atoms with van der Waals surface area (Å²) in [7, 11) is 0. The van der Waals surface area contributed by atoms with Gasteiger partial charge >= 0.3 is 0 Å². The molecule has 2 amide bonds.